The lowest BCUT2D eigenvalue weighted by Gasteiger charge is -2.16. The summed E-state index contributed by atoms with van der Waals surface area (Å²) in [7, 11) is -3.95. The second-order valence-electron chi connectivity index (χ2n) is 7.58. The topological polar surface area (TPSA) is 95.5 Å². The first-order valence-electron chi connectivity index (χ1n) is 9.58. The maximum atomic E-state index is 12.6. The maximum Gasteiger partial charge on any atom is 0.333 e. The van der Waals surface area contributed by atoms with Gasteiger partial charge in [-0.3, -0.25) is 0 Å². The molecule has 2 aliphatic carbocycles. The monoisotopic (exact) mass is 420 g/mol. The molecule has 0 fully saturated rings. The third kappa shape index (κ3) is 3.56. The smallest absolute Gasteiger partial charge is 0.333 e. The molecule has 0 saturated carbocycles. The number of aliphatic hydroxyl groups is 1. The fraction of sp³-hybridized carbons (Fsp3) is 0.450. The Hall–Kier alpha value is -1.90. The van der Waals surface area contributed by atoms with Gasteiger partial charge in [-0.2, -0.15) is 0 Å². The Morgan fingerprint density at radius 3 is 2.39 bits per heavy atom. The number of hydrogen-bond donors (Lipinski definition) is 3. The van der Waals surface area contributed by atoms with Gasteiger partial charge in [0.15, 0.2) is 0 Å². The molecule has 2 aromatic rings. The molecule has 6 nitrogen and oxygen atoms in total. The molecule has 4 rings (SSSR count). The van der Waals surface area contributed by atoms with Crippen LogP contribution >= 0.6 is 11.3 Å². The zero-order valence-electron chi connectivity index (χ0n) is 15.7. The second-order valence-corrected chi connectivity index (χ2v) is 10.4. The average molecular weight is 421 g/mol. The molecule has 1 unspecified atom stereocenters. The highest BCUT2D eigenvalue weighted by Gasteiger charge is 2.27. The van der Waals surface area contributed by atoms with Crippen molar-refractivity contribution in [2.24, 2.45) is 0 Å². The molecule has 0 bridgehead atoms. The quantitative estimate of drug-likeness (QED) is 0.691. The van der Waals surface area contributed by atoms with E-state index >= 15 is 0 Å². The Labute approximate surface area is 169 Å². The first-order valence-corrected chi connectivity index (χ1v) is 11.9. The fourth-order valence-corrected chi connectivity index (χ4v) is 6.33. The number of rotatable bonds is 5. The Balaban J connectivity index is 1.55. The molecule has 8 heteroatoms. The average Bonchev–Trinajstić information content (AvgIpc) is 3.39. The molecule has 0 saturated heterocycles. The van der Waals surface area contributed by atoms with Crippen LogP contribution in [0.1, 0.15) is 53.5 Å². The Morgan fingerprint density at radius 2 is 1.79 bits per heavy atom. The third-order valence-electron chi connectivity index (χ3n) is 5.64. The van der Waals surface area contributed by atoms with Crippen molar-refractivity contribution in [1.29, 1.82) is 0 Å². The highest BCUT2D eigenvalue weighted by atomic mass is 32.2. The molecule has 3 N–H and O–H groups in total. The summed E-state index contributed by atoms with van der Waals surface area (Å²) >= 11 is 1.05. The highest BCUT2D eigenvalue weighted by molar-refractivity contribution is 7.92. The van der Waals surface area contributed by atoms with Crippen LogP contribution in [0.2, 0.25) is 0 Å². The summed E-state index contributed by atoms with van der Waals surface area (Å²) in [6.07, 6.45) is 5.98. The number of urea groups is 1. The summed E-state index contributed by atoms with van der Waals surface area (Å²) in [6.45, 7) is 1.75. The van der Waals surface area contributed by atoms with Gasteiger partial charge in [-0.15, -0.1) is 11.3 Å². The van der Waals surface area contributed by atoms with E-state index in [2.05, 4.69) is 16.1 Å². The van der Waals surface area contributed by atoms with E-state index in [9.17, 15) is 18.3 Å². The second kappa shape index (κ2) is 7.50. The largest absolute Gasteiger partial charge is 0.396 e. The summed E-state index contributed by atoms with van der Waals surface area (Å²) < 4.78 is 27.4. The number of benzene rings is 1. The van der Waals surface area contributed by atoms with Gasteiger partial charge in [-0.05, 0) is 77.8 Å². The summed E-state index contributed by atoms with van der Waals surface area (Å²) in [5, 5.41) is 13.8. The van der Waals surface area contributed by atoms with Gasteiger partial charge in [0.2, 0.25) is 0 Å². The van der Waals surface area contributed by atoms with Gasteiger partial charge in [0.05, 0.1) is 0 Å². The van der Waals surface area contributed by atoms with E-state index in [4.69, 9.17) is 0 Å². The molecule has 0 spiro atoms. The predicted octanol–water partition coefficient (Wildman–Crippen LogP) is 3.33. The molecule has 0 radical (unpaired) electrons. The normalized spacial score (nSPS) is 16.5. The minimum absolute atomic E-state index is 0.0611. The van der Waals surface area contributed by atoms with E-state index in [1.165, 1.54) is 17.2 Å². The predicted molar refractivity (Wildman–Crippen MR) is 110 cm³/mol. The number of carbonyl (C=O) groups excluding carboxylic acids is 1. The van der Waals surface area contributed by atoms with Crippen LogP contribution in [0.25, 0.3) is 0 Å². The number of carbonyl (C=O) groups is 1. The third-order valence-corrected chi connectivity index (χ3v) is 8.43. The summed E-state index contributed by atoms with van der Waals surface area (Å²) in [6, 6.07) is 3.05. The molecule has 1 atom stereocenters. The number of aryl methyl sites for hydroxylation is 2. The Kier molecular flexibility index (Phi) is 5.20. The summed E-state index contributed by atoms with van der Waals surface area (Å²) in [5.74, 6) is -0.150. The van der Waals surface area contributed by atoms with E-state index in [0.29, 0.717) is 0 Å². The van der Waals surface area contributed by atoms with Crippen molar-refractivity contribution in [3.05, 3.63) is 45.3 Å². The number of hydrogen-bond acceptors (Lipinski definition) is 5. The summed E-state index contributed by atoms with van der Waals surface area (Å²) in [4.78, 5) is 12.6. The van der Waals surface area contributed by atoms with Crippen molar-refractivity contribution in [3.63, 3.8) is 0 Å². The molecule has 1 aromatic heterocycles. The SMILES string of the molecule is CC(CO)c1csc(S(=O)(=O)NC(=O)Nc2c3c(cc4c2CCC4)CCC3)c1. The minimum atomic E-state index is -3.95. The van der Waals surface area contributed by atoms with Crippen LogP contribution in [-0.4, -0.2) is 26.2 Å². The molecule has 28 heavy (non-hydrogen) atoms. The number of sulfonamides is 1. The van der Waals surface area contributed by atoms with Gasteiger partial charge in [-0.1, -0.05) is 13.0 Å². The number of thiophene rings is 1. The summed E-state index contributed by atoms with van der Waals surface area (Å²) in [5.41, 5.74) is 6.43. The van der Waals surface area contributed by atoms with Crippen LogP contribution in [0.5, 0.6) is 0 Å². The lowest BCUT2D eigenvalue weighted by molar-refractivity contribution is 0.256. The van der Waals surface area contributed by atoms with Crippen molar-refractivity contribution in [3.8, 4) is 0 Å². The Morgan fingerprint density at radius 1 is 1.14 bits per heavy atom. The van der Waals surface area contributed by atoms with Crippen molar-refractivity contribution in [2.45, 2.75) is 55.6 Å². The number of fused-ring (bicyclic) bond motifs is 2. The zero-order chi connectivity index (χ0) is 19.9. The van der Waals surface area contributed by atoms with Gasteiger partial charge in [0.25, 0.3) is 10.0 Å². The van der Waals surface area contributed by atoms with Crippen LogP contribution in [0.4, 0.5) is 10.5 Å². The highest BCUT2D eigenvalue weighted by Crippen LogP contribution is 2.38. The lowest BCUT2D eigenvalue weighted by Crippen LogP contribution is -2.34. The number of nitrogens with one attached hydrogen (secondary N) is 2. The van der Waals surface area contributed by atoms with Crippen LogP contribution in [0.3, 0.4) is 0 Å². The molecule has 0 aliphatic heterocycles. The molecule has 1 aromatic carbocycles. The minimum Gasteiger partial charge on any atom is -0.396 e. The standard InChI is InChI=1S/C20H24N2O4S2/c1-12(10-23)15-9-18(27-11-15)28(25,26)22-20(24)21-19-16-6-2-4-13(16)8-14-5-3-7-17(14)19/h8-9,11-12,23H,2-7,10H2,1H3,(H2,21,22,24). The maximum absolute atomic E-state index is 12.6. The van der Waals surface area contributed by atoms with Gasteiger partial charge in [0, 0.05) is 18.2 Å². The first kappa shape index (κ1) is 19.4. The van der Waals surface area contributed by atoms with Crippen molar-refractivity contribution in [1.82, 2.24) is 4.72 Å². The molecule has 1 heterocycles. The van der Waals surface area contributed by atoms with Gasteiger partial charge < -0.3 is 10.4 Å². The van der Waals surface area contributed by atoms with Gasteiger partial charge >= 0.3 is 6.03 Å². The molecule has 150 valence electrons. The Bertz CT molecular complexity index is 995. The van der Waals surface area contributed by atoms with E-state index in [1.807, 2.05) is 6.92 Å². The zero-order valence-corrected chi connectivity index (χ0v) is 17.4. The van der Waals surface area contributed by atoms with Crippen molar-refractivity contribution < 1.29 is 18.3 Å². The molecule has 2 amide bonds. The van der Waals surface area contributed by atoms with E-state index in [1.54, 1.807) is 5.38 Å². The fourth-order valence-electron chi connectivity index (χ4n) is 4.11. The van der Waals surface area contributed by atoms with Gasteiger partial charge in [0.1, 0.15) is 4.21 Å². The van der Waals surface area contributed by atoms with Crippen molar-refractivity contribution >= 4 is 33.1 Å². The van der Waals surface area contributed by atoms with Crippen LogP contribution in [0, 0.1) is 0 Å². The molecular formula is C20H24N2O4S2. The molecular weight excluding hydrogens is 396 g/mol. The lowest BCUT2D eigenvalue weighted by atomic mass is 9.99. The van der Waals surface area contributed by atoms with E-state index < -0.39 is 16.1 Å². The van der Waals surface area contributed by atoms with Crippen LogP contribution in [-0.2, 0) is 35.7 Å². The number of amides is 2. The first-order chi connectivity index (χ1) is 13.4. The molecule has 2 aliphatic rings. The van der Waals surface area contributed by atoms with E-state index in [0.717, 1.165) is 72.2 Å². The number of anilines is 1. The number of aliphatic hydroxyl groups excluding tert-OH is 1. The van der Waals surface area contributed by atoms with Crippen LogP contribution < -0.4 is 10.0 Å². The van der Waals surface area contributed by atoms with Crippen molar-refractivity contribution in [2.75, 3.05) is 11.9 Å². The van der Waals surface area contributed by atoms with Gasteiger partial charge in [-0.25, -0.2) is 17.9 Å². The van der Waals surface area contributed by atoms with E-state index in [-0.39, 0.29) is 16.7 Å². The van der Waals surface area contributed by atoms with Crippen LogP contribution in [0.15, 0.2) is 21.7 Å².